The molecule has 0 spiro atoms. The standard InChI is InChI=1S/C14H21F2N/c1-3-4-5-6-7-14(2,17)11-8-12(15)10-13(16)9-11/h8-10H,3-7,17H2,1-2H3. The summed E-state index contributed by atoms with van der Waals surface area (Å²) in [6.45, 7) is 3.97. The molecule has 0 radical (unpaired) electrons. The predicted molar refractivity (Wildman–Crippen MR) is 66.7 cm³/mol. The van der Waals surface area contributed by atoms with Crippen LogP contribution < -0.4 is 5.73 Å². The second kappa shape index (κ2) is 6.10. The Bertz CT molecular complexity index is 341. The number of hydrogen-bond acceptors (Lipinski definition) is 1. The van der Waals surface area contributed by atoms with Crippen LogP contribution in [0.25, 0.3) is 0 Å². The lowest BCUT2D eigenvalue weighted by Gasteiger charge is -2.25. The van der Waals surface area contributed by atoms with Crippen LogP contribution in [0.1, 0.15) is 51.5 Å². The normalized spacial score (nSPS) is 14.6. The lowest BCUT2D eigenvalue weighted by molar-refractivity contribution is 0.418. The number of nitrogens with two attached hydrogens (primary N) is 1. The van der Waals surface area contributed by atoms with E-state index in [-0.39, 0.29) is 0 Å². The summed E-state index contributed by atoms with van der Waals surface area (Å²) < 4.78 is 26.2. The number of rotatable bonds is 6. The van der Waals surface area contributed by atoms with Crippen LogP contribution in [0, 0.1) is 11.6 Å². The van der Waals surface area contributed by atoms with E-state index in [1.807, 2.05) is 6.92 Å². The summed E-state index contributed by atoms with van der Waals surface area (Å²) in [4.78, 5) is 0. The highest BCUT2D eigenvalue weighted by atomic mass is 19.1. The highest BCUT2D eigenvalue weighted by Crippen LogP contribution is 2.25. The smallest absolute Gasteiger partial charge is 0.126 e. The monoisotopic (exact) mass is 241 g/mol. The minimum absolute atomic E-state index is 0.534. The predicted octanol–water partition coefficient (Wildman–Crippen LogP) is 4.11. The lowest BCUT2D eigenvalue weighted by Crippen LogP contribution is -2.33. The maximum absolute atomic E-state index is 13.1. The molecular formula is C14H21F2N. The number of benzene rings is 1. The van der Waals surface area contributed by atoms with Crippen LogP contribution in [0.4, 0.5) is 8.78 Å². The zero-order valence-corrected chi connectivity index (χ0v) is 10.6. The van der Waals surface area contributed by atoms with Crippen molar-refractivity contribution in [2.75, 3.05) is 0 Å². The Morgan fingerprint density at radius 2 is 1.65 bits per heavy atom. The van der Waals surface area contributed by atoms with Gasteiger partial charge in [0.05, 0.1) is 0 Å². The Balaban J connectivity index is 2.67. The molecule has 1 aromatic rings. The quantitative estimate of drug-likeness (QED) is 0.745. The van der Waals surface area contributed by atoms with Gasteiger partial charge in [0.1, 0.15) is 11.6 Å². The molecule has 96 valence electrons. The van der Waals surface area contributed by atoms with E-state index in [0.29, 0.717) is 5.56 Å². The molecule has 17 heavy (non-hydrogen) atoms. The van der Waals surface area contributed by atoms with Gasteiger partial charge in [-0.15, -0.1) is 0 Å². The SMILES string of the molecule is CCCCCCC(C)(N)c1cc(F)cc(F)c1. The fourth-order valence-corrected chi connectivity index (χ4v) is 1.95. The second-order valence-electron chi connectivity index (χ2n) is 4.89. The first-order chi connectivity index (χ1) is 7.95. The Morgan fingerprint density at radius 3 is 2.18 bits per heavy atom. The third-order valence-electron chi connectivity index (χ3n) is 3.07. The van der Waals surface area contributed by atoms with Gasteiger partial charge in [-0.3, -0.25) is 0 Å². The van der Waals surface area contributed by atoms with Crippen molar-refractivity contribution in [1.29, 1.82) is 0 Å². The maximum Gasteiger partial charge on any atom is 0.126 e. The van der Waals surface area contributed by atoms with E-state index in [0.717, 1.165) is 31.7 Å². The Kier molecular flexibility index (Phi) is 5.06. The van der Waals surface area contributed by atoms with Gasteiger partial charge in [0.15, 0.2) is 0 Å². The van der Waals surface area contributed by atoms with Gasteiger partial charge in [-0.05, 0) is 31.0 Å². The van der Waals surface area contributed by atoms with Crippen molar-refractivity contribution in [3.05, 3.63) is 35.4 Å². The molecule has 0 aromatic heterocycles. The van der Waals surface area contributed by atoms with Crippen LogP contribution in [-0.4, -0.2) is 0 Å². The highest BCUT2D eigenvalue weighted by molar-refractivity contribution is 5.24. The molecule has 1 nitrogen and oxygen atoms in total. The number of halogens is 2. The molecule has 1 rings (SSSR count). The molecule has 0 aliphatic carbocycles. The molecule has 0 heterocycles. The first-order valence-corrected chi connectivity index (χ1v) is 6.21. The molecule has 0 fully saturated rings. The molecule has 3 heteroatoms. The average Bonchev–Trinajstić information content (AvgIpc) is 2.23. The molecule has 1 unspecified atom stereocenters. The van der Waals surface area contributed by atoms with Crippen molar-refractivity contribution < 1.29 is 8.78 Å². The van der Waals surface area contributed by atoms with Crippen molar-refractivity contribution in [3.8, 4) is 0 Å². The van der Waals surface area contributed by atoms with Crippen molar-refractivity contribution in [2.45, 2.75) is 51.5 Å². The zero-order chi connectivity index (χ0) is 12.9. The summed E-state index contributed by atoms with van der Waals surface area (Å²) in [7, 11) is 0. The van der Waals surface area contributed by atoms with E-state index >= 15 is 0 Å². The summed E-state index contributed by atoms with van der Waals surface area (Å²) in [5.41, 5.74) is 6.00. The fourth-order valence-electron chi connectivity index (χ4n) is 1.95. The summed E-state index contributed by atoms with van der Waals surface area (Å²) in [5, 5.41) is 0. The summed E-state index contributed by atoms with van der Waals surface area (Å²) in [6.07, 6.45) is 5.18. The van der Waals surface area contributed by atoms with E-state index in [1.165, 1.54) is 18.6 Å². The molecule has 0 saturated carbocycles. The van der Waals surface area contributed by atoms with Crippen molar-refractivity contribution in [3.63, 3.8) is 0 Å². The van der Waals surface area contributed by atoms with E-state index in [9.17, 15) is 8.78 Å². The number of hydrogen-bond donors (Lipinski definition) is 1. The van der Waals surface area contributed by atoms with Crippen LogP contribution in [0.5, 0.6) is 0 Å². The van der Waals surface area contributed by atoms with Gasteiger partial charge in [-0.2, -0.15) is 0 Å². The molecular weight excluding hydrogens is 220 g/mol. The Morgan fingerprint density at radius 1 is 1.06 bits per heavy atom. The van der Waals surface area contributed by atoms with E-state index in [1.54, 1.807) is 0 Å². The summed E-state index contributed by atoms with van der Waals surface area (Å²) >= 11 is 0. The molecule has 0 saturated heterocycles. The van der Waals surface area contributed by atoms with Crippen LogP contribution >= 0.6 is 0 Å². The summed E-state index contributed by atoms with van der Waals surface area (Å²) in [5.74, 6) is -1.13. The maximum atomic E-state index is 13.1. The van der Waals surface area contributed by atoms with Crippen LogP contribution in [0.15, 0.2) is 18.2 Å². The van der Waals surface area contributed by atoms with Gasteiger partial charge in [0.2, 0.25) is 0 Å². The third kappa shape index (κ3) is 4.43. The second-order valence-corrected chi connectivity index (χ2v) is 4.89. The van der Waals surface area contributed by atoms with Crippen molar-refractivity contribution >= 4 is 0 Å². The van der Waals surface area contributed by atoms with Gasteiger partial charge in [-0.25, -0.2) is 8.78 Å². The van der Waals surface area contributed by atoms with Crippen molar-refractivity contribution in [1.82, 2.24) is 0 Å². The first kappa shape index (κ1) is 14.1. The van der Waals surface area contributed by atoms with Gasteiger partial charge >= 0.3 is 0 Å². The number of unbranched alkanes of at least 4 members (excludes halogenated alkanes) is 3. The lowest BCUT2D eigenvalue weighted by atomic mass is 9.87. The Hall–Kier alpha value is -0.960. The van der Waals surface area contributed by atoms with Gasteiger partial charge in [-0.1, -0.05) is 32.6 Å². The van der Waals surface area contributed by atoms with E-state index < -0.39 is 17.2 Å². The van der Waals surface area contributed by atoms with Gasteiger partial charge in [0, 0.05) is 11.6 Å². The molecule has 2 N–H and O–H groups in total. The van der Waals surface area contributed by atoms with Crippen LogP contribution in [0.3, 0.4) is 0 Å². The largest absolute Gasteiger partial charge is 0.322 e. The first-order valence-electron chi connectivity index (χ1n) is 6.21. The molecule has 0 bridgehead atoms. The molecule has 0 amide bonds. The Labute approximate surface area is 102 Å². The molecule has 1 atom stereocenters. The molecule has 0 aliphatic rings. The van der Waals surface area contributed by atoms with Crippen LogP contribution in [0.2, 0.25) is 0 Å². The molecule has 0 aliphatic heterocycles. The van der Waals surface area contributed by atoms with E-state index in [2.05, 4.69) is 6.92 Å². The van der Waals surface area contributed by atoms with E-state index in [4.69, 9.17) is 5.73 Å². The molecule has 1 aromatic carbocycles. The fraction of sp³-hybridized carbons (Fsp3) is 0.571. The minimum Gasteiger partial charge on any atom is -0.322 e. The third-order valence-corrected chi connectivity index (χ3v) is 3.07. The minimum atomic E-state index is -0.656. The summed E-state index contributed by atoms with van der Waals surface area (Å²) in [6, 6.07) is 3.52. The highest BCUT2D eigenvalue weighted by Gasteiger charge is 2.21. The van der Waals surface area contributed by atoms with Crippen molar-refractivity contribution in [2.24, 2.45) is 5.73 Å². The van der Waals surface area contributed by atoms with Gasteiger partial charge < -0.3 is 5.73 Å². The topological polar surface area (TPSA) is 26.0 Å². The van der Waals surface area contributed by atoms with Crippen LogP contribution in [-0.2, 0) is 5.54 Å². The van der Waals surface area contributed by atoms with Gasteiger partial charge in [0.25, 0.3) is 0 Å². The average molecular weight is 241 g/mol. The zero-order valence-electron chi connectivity index (χ0n) is 10.6.